The zero-order valence-corrected chi connectivity index (χ0v) is 10.8. The fraction of sp³-hybridized carbons (Fsp3) is 0.583. The molecule has 1 heterocycles. The van der Waals surface area contributed by atoms with Gasteiger partial charge in [0.2, 0.25) is 0 Å². The Morgan fingerprint density at radius 3 is 2.61 bits per heavy atom. The molecule has 0 aromatic carbocycles. The fourth-order valence-corrected chi connectivity index (χ4v) is 1.45. The van der Waals surface area contributed by atoms with Crippen molar-refractivity contribution in [1.82, 2.24) is 9.88 Å². The first-order valence-corrected chi connectivity index (χ1v) is 5.91. The molecular formula is C12H18F3N3. The Bertz CT molecular complexity index is 398. The van der Waals surface area contributed by atoms with Crippen molar-refractivity contribution in [1.29, 1.82) is 0 Å². The number of aromatic nitrogens is 1. The molecule has 18 heavy (non-hydrogen) atoms. The SMILES string of the molecule is CCC(C)N(C)CCNc1nc(F)c(F)cc1F. The van der Waals surface area contributed by atoms with E-state index in [9.17, 15) is 13.2 Å². The van der Waals surface area contributed by atoms with E-state index in [2.05, 4.69) is 29.0 Å². The van der Waals surface area contributed by atoms with Crippen molar-refractivity contribution in [2.24, 2.45) is 0 Å². The van der Waals surface area contributed by atoms with Crippen LogP contribution in [0.15, 0.2) is 6.07 Å². The Morgan fingerprint density at radius 1 is 1.33 bits per heavy atom. The third kappa shape index (κ3) is 3.87. The van der Waals surface area contributed by atoms with Gasteiger partial charge in [0, 0.05) is 25.2 Å². The van der Waals surface area contributed by atoms with E-state index in [4.69, 9.17) is 0 Å². The maximum Gasteiger partial charge on any atom is 0.251 e. The molecule has 6 heteroatoms. The van der Waals surface area contributed by atoms with Crippen LogP contribution in [0.2, 0.25) is 0 Å². The van der Waals surface area contributed by atoms with E-state index in [0.717, 1.165) is 6.42 Å². The highest BCUT2D eigenvalue weighted by molar-refractivity contribution is 5.36. The lowest BCUT2D eigenvalue weighted by atomic mass is 10.2. The van der Waals surface area contributed by atoms with E-state index in [1.807, 2.05) is 7.05 Å². The van der Waals surface area contributed by atoms with Gasteiger partial charge in [0.05, 0.1) is 0 Å². The summed E-state index contributed by atoms with van der Waals surface area (Å²) in [6.45, 7) is 5.23. The normalized spacial score (nSPS) is 12.8. The monoisotopic (exact) mass is 261 g/mol. The zero-order chi connectivity index (χ0) is 13.7. The summed E-state index contributed by atoms with van der Waals surface area (Å²) in [6.07, 6.45) is 1.01. The van der Waals surface area contributed by atoms with E-state index in [1.54, 1.807) is 0 Å². The summed E-state index contributed by atoms with van der Waals surface area (Å²) in [5.41, 5.74) is 0. The summed E-state index contributed by atoms with van der Waals surface area (Å²) in [7, 11) is 1.95. The summed E-state index contributed by atoms with van der Waals surface area (Å²) in [6, 6.07) is 0.901. The second-order valence-corrected chi connectivity index (χ2v) is 4.26. The van der Waals surface area contributed by atoms with E-state index >= 15 is 0 Å². The van der Waals surface area contributed by atoms with Crippen molar-refractivity contribution >= 4 is 5.82 Å². The lowest BCUT2D eigenvalue weighted by Crippen LogP contribution is -2.33. The number of nitrogens with one attached hydrogen (secondary N) is 1. The standard InChI is InChI=1S/C12H18F3N3/c1-4-8(2)18(3)6-5-16-12-10(14)7-9(13)11(15)17-12/h7-8H,4-6H2,1-3H3,(H,16,17). The molecule has 0 saturated carbocycles. The van der Waals surface area contributed by atoms with Crippen molar-refractivity contribution in [2.75, 3.05) is 25.5 Å². The first kappa shape index (κ1) is 14.8. The van der Waals surface area contributed by atoms with Crippen LogP contribution in [0, 0.1) is 17.6 Å². The smallest absolute Gasteiger partial charge is 0.251 e. The van der Waals surface area contributed by atoms with E-state index in [-0.39, 0.29) is 5.82 Å². The van der Waals surface area contributed by atoms with Gasteiger partial charge in [-0.05, 0) is 20.4 Å². The molecule has 0 aliphatic rings. The topological polar surface area (TPSA) is 28.2 Å². The van der Waals surface area contributed by atoms with Crippen molar-refractivity contribution in [3.05, 3.63) is 23.6 Å². The fourth-order valence-electron chi connectivity index (χ4n) is 1.45. The maximum absolute atomic E-state index is 13.2. The minimum atomic E-state index is -1.30. The first-order chi connectivity index (χ1) is 8.45. The van der Waals surface area contributed by atoms with Gasteiger partial charge in [0.25, 0.3) is 5.95 Å². The number of nitrogens with zero attached hydrogens (tertiary/aromatic N) is 2. The molecule has 0 aliphatic heterocycles. The Kier molecular flexibility index (Phi) is 5.40. The summed E-state index contributed by atoms with van der Waals surface area (Å²) in [5.74, 6) is -3.73. The van der Waals surface area contributed by atoms with E-state index in [0.29, 0.717) is 25.2 Å². The molecule has 1 unspecified atom stereocenters. The number of pyridine rings is 1. The lowest BCUT2D eigenvalue weighted by molar-refractivity contribution is 0.261. The molecule has 0 aliphatic carbocycles. The first-order valence-electron chi connectivity index (χ1n) is 5.91. The number of hydrogen-bond donors (Lipinski definition) is 1. The maximum atomic E-state index is 13.2. The molecule has 0 bridgehead atoms. The predicted molar refractivity (Wildman–Crippen MR) is 65.0 cm³/mol. The van der Waals surface area contributed by atoms with Gasteiger partial charge in [-0.25, -0.2) is 8.78 Å². The van der Waals surface area contributed by atoms with Gasteiger partial charge in [-0.1, -0.05) is 6.92 Å². The van der Waals surface area contributed by atoms with Crippen molar-refractivity contribution in [3.8, 4) is 0 Å². The summed E-state index contributed by atoms with van der Waals surface area (Å²) < 4.78 is 38.7. The molecule has 0 amide bonds. The van der Waals surface area contributed by atoms with Crippen LogP contribution >= 0.6 is 0 Å². The average molecular weight is 261 g/mol. The van der Waals surface area contributed by atoms with Gasteiger partial charge < -0.3 is 10.2 Å². The summed E-state index contributed by atoms with van der Waals surface area (Å²) >= 11 is 0. The molecule has 1 aromatic rings. The predicted octanol–water partition coefficient (Wildman–Crippen LogP) is 2.64. The lowest BCUT2D eigenvalue weighted by Gasteiger charge is -2.23. The second-order valence-electron chi connectivity index (χ2n) is 4.26. The molecule has 1 aromatic heterocycles. The van der Waals surface area contributed by atoms with Crippen molar-refractivity contribution in [2.45, 2.75) is 26.3 Å². The van der Waals surface area contributed by atoms with E-state index < -0.39 is 17.6 Å². The minimum Gasteiger partial charge on any atom is -0.366 e. The van der Waals surface area contributed by atoms with Crippen LogP contribution in [0.25, 0.3) is 0 Å². The second kappa shape index (κ2) is 6.58. The molecule has 0 saturated heterocycles. The van der Waals surface area contributed by atoms with Gasteiger partial charge in [0.1, 0.15) is 0 Å². The van der Waals surface area contributed by atoms with Crippen LogP contribution in [-0.4, -0.2) is 36.1 Å². The van der Waals surface area contributed by atoms with Crippen LogP contribution in [0.1, 0.15) is 20.3 Å². The van der Waals surface area contributed by atoms with Crippen molar-refractivity contribution in [3.63, 3.8) is 0 Å². The third-order valence-electron chi connectivity index (χ3n) is 2.99. The third-order valence-corrected chi connectivity index (χ3v) is 2.99. The molecule has 0 spiro atoms. The van der Waals surface area contributed by atoms with Gasteiger partial charge in [0.15, 0.2) is 17.5 Å². The summed E-state index contributed by atoms with van der Waals surface area (Å²) in [5, 5.41) is 2.66. The van der Waals surface area contributed by atoms with Gasteiger partial charge in [-0.3, -0.25) is 0 Å². The highest BCUT2D eigenvalue weighted by Gasteiger charge is 2.12. The van der Waals surface area contributed by atoms with Crippen LogP contribution in [0.5, 0.6) is 0 Å². The Labute approximate surface area is 105 Å². The molecule has 3 nitrogen and oxygen atoms in total. The molecule has 1 rings (SSSR count). The van der Waals surface area contributed by atoms with Gasteiger partial charge in [-0.15, -0.1) is 0 Å². The van der Waals surface area contributed by atoms with Crippen LogP contribution in [0.4, 0.5) is 19.0 Å². The van der Waals surface area contributed by atoms with Crippen molar-refractivity contribution < 1.29 is 13.2 Å². The minimum absolute atomic E-state index is 0.258. The molecular weight excluding hydrogens is 243 g/mol. The molecule has 0 fully saturated rings. The summed E-state index contributed by atoms with van der Waals surface area (Å²) in [4.78, 5) is 5.28. The van der Waals surface area contributed by atoms with Gasteiger partial charge in [-0.2, -0.15) is 9.37 Å². The highest BCUT2D eigenvalue weighted by atomic mass is 19.2. The van der Waals surface area contributed by atoms with Crippen LogP contribution < -0.4 is 5.32 Å². The van der Waals surface area contributed by atoms with Gasteiger partial charge >= 0.3 is 0 Å². The van der Waals surface area contributed by atoms with Crippen LogP contribution in [-0.2, 0) is 0 Å². The zero-order valence-electron chi connectivity index (χ0n) is 10.8. The molecule has 1 N–H and O–H groups in total. The largest absolute Gasteiger partial charge is 0.366 e. The molecule has 1 atom stereocenters. The Morgan fingerprint density at radius 2 is 2.00 bits per heavy atom. The number of halogens is 3. The quantitative estimate of drug-likeness (QED) is 0.798. The number of anilines is 1. The van der Waals surface area contributed by atoms with Crippen LogP contribution in [0.3, 0.4) is 0 Å². The Balaban J connectivity index is 2.52. The number of rotatable bonds is 6. The average Bonchev–Trinajstić information content (AvgIpc) is 2.34. The highest BCUT2D eigenvalue weighted by Crippen LogP contribution is 2.13. The Hall–Kier alpha value is -1.30. The molecule has 0 radical (unpaired) electrons. The number of likely N-dealkylation sites (N-methyl/N-ethyl adjacent to an activating group) is 1. The van der Waals surface area contributed by atoms with E-state index in [1.165, 1.54) is 0 Å². The molecule has 102 valence electrons. The number of hydrogen-bond acceptors (Lipinski definition) is 3.